The maximum atomic E-state index is 5.25. The van der Waals surface area contributed by atoms with Crippen LogP contribution in [0.5, 0.6) is 0 Å². The molecule has 0 saturated heterocycles. The summed E-state index contributed by atoms with van der Waals surface area (Å²) in [6, 6.07) is 44.0. The van der Waals surface area contributed by atoms with Crippen LogP contribution in [-0.2, 0) is 6.42 Å². The standard InChI is InChI=1S/C34H25N/c1-2-8-23(9-3-1)24-14-16-25(17-15-24)26-18-19-31-30-12-6-5-11-29(30)28-20-27-10-4-7-13-33(27)35-34(22-28)32(31)21-26/h1-19,21,28H,20,22H2. The molecule has 0 fully saturated rings. The molecule has 166 valence electrons. The van der Waals surface area contributed by atoms with Crippen LogP contribution in [0.1, 0.15) is 29.0 Å². The topological polar surface area (TPSA) is 12.4 Å². The van der Waals surface area contributed by atoms with Crippen molar-refractivity contribution in [3.05, 3.63) is 138 Å². The smallest absolute Gasteiger partial charge is 0.0665 e. The number of rotatable bonds is 2. The summed E-state index contributed by atoms with van der Waals surface area (Å²) in [5.41, 5.74) is 14.0. The number of aliphatic imine (C=N–C) groups is 1. The summed E-state index contributed by atoms with van der Waals surface area (Å²) in [7, 11) is 0. The minimum Gasteiger partial charge on any atom is -0.253 e. The number of benzene rings is 5. The van der Waals surface area contributed by atoms with E-state index in [-0.39, 0.29) is 0 Å². The normalized spacial score (nSPS) is 15.7. The molecule has 1 nitrogen and oxygen atoms in total. The molecule has 5 aromatic carbocycles. The van der Waals surface area contributed by atoms with Gasteiger partial charge in [0.25, 0.3) is 0 Å². The van der Waals surface area contributed by atoms with Crippen LogP contribution < -0.4 is 0 Å². The maximum Gasteiger partial charge on any atom is 0.0665 e. The van der Waals surface area contributed by atoms with Crippen molar-refractivity contribution >= 4 is 11.4 Å². The molecule has 1 heteroatoms. The van der Waals surface area contributed by atoms with Crippen LogP contribution in [0.4, 0.5) is 5.69 Å². The van der Waals surface area contributed by atoms with Gasteiger partial charge in [0.15, 0.2) is 0 Å². The number of nitrogens with zero attached hydrogens (tertiary/aromatic N) is 1. The Morgan fingerprint density at radius 2 is 1.14 bits per heavy atom. The van der Waals surface area contributed by atoms with Crippen molar-refractivity contribution in [2.24, 2.45) is 4.99 Å². The van der Waals surface area contributed by atoms with Gasteiger partial charge in [-0.2, -0.15) is 0 Å². The molecule has 1 heterocycles. The lowest BCUT2D eigenvalue weighted by molar-refractivity contribution is 0.726. The average Bonchev–Trinajstić information content (AvgIpc) is 3.20. The third-order valence-electron chi connectivity index (χ3n) is 7.50. The summed E-state index contributed by atoms with van der Waals surface area (Å²) in [5, 5.41) is 0. The first-order valence-corrected chi connectivity index (χ1v) is 12.4. The first kappa shape index (κ1) is 20.2. The van der Waals surface area contributed by atoms with Crippen molar-refractivity contribution in [1.82, 2.24) is 0 Å². The molecule has 1 unspecified atom stereocenters. The van der Waals surface area contributed by atoms with Gasteiger partial charge in [0.05, 0.1) is 5.69 Å². The third kappa shape index (κ3) is 3.52. The molecule has 0 radical (unpaired) electrons. The highest BCUT2D eigenvalue weighted by atomic mass is 14.8. The summed E-state index contributed by atoms with van der Waals surface area (Å²) in [5.74, 6) is 0.439. The molecule has 1 aliphatic heterocycles. The van der Waals surface area contributed by atoms with Gasteiger partial charge in [0.2, 0.25) is 0 Å². The van der Waals surface area contributed by atoms with E-state index in [4.69, 9.17) is 4.99 Å². The molecular weight excluding hydrogens is 422 g/mol. The Hall–Kier alpha value is -4.23. The number of fused-ring (bicyclic) bond motifs is 8. The largest absolute Gasteiger partial charge is 0.253 e. The zero-order chi connectivity index (χ0) is 23.2. The molecule has 0 saturated carbocycles. The van der Waals surface area contributed by atoms with E-state index in [0.717, 1.165) is 18.5 Å². The molecule has 0 aromatic heterocycles. The Labute approximate surface area is 206 Å². The monoisotopic (exact) mass is 447 g/mol. The summed E-state index contributed by atoms with van der Waals surface area (Å²) >= 11 is 0. The van der Waals surface area contributed by atoms with Gasteiger partial charge in [-0.1, -0.05) is 109 Å². The van der Waals surface area contributed by atoms with E-state index >= 15 is 0 Å². The van der Waals surface area contributed by atoms with Crippen molar-refractivity contribution in [3.8, 4) is 33.4 Å². The van der Waals surface area contributed by atoms with Crippen LogP contribution in [0.25, 0.3) is 33.4 Å². The highest BCUT2D eigenvalue weighted by Crippen LogP contribution is 2.44. The van der Waals surface area contributed by atoms with Crippen molar-refractivity contribution in [2.45, 2.75) is 18.8 Å². The Kier molecular flexibility index (Phi) is 4.73. The van der Waals surface area contributed by atoms with Gasteiger partial charge < -0.3 is 0 Å². The van der Waals surface area contributed by atoms with Gasteiger partial charge >= 0.3 is 0 Å². The fraction of sp³-hybridized carbons (Fsp3) is 0.0882. The first-order valence-electron chi connectivity index (χ1n) is 12.4. The van der Waals surface area contributed by atoms with E-state index in [1.807, 2.05) is 0 Å². The van der Waals surface area contributed by atoms with E-state index in [9.17, 15) is 0 Å². The molecule has 35 heavy (non-hydrogen) atoms. The molecule has 0 N–H and O–H groups in total. The summed E-state index contributed by atoms with van der Waals surface area (Å²) < 4.78 is 0. The zero-order valence-corrected chi connectivity index (χ0v) is 19.5. The van der Waals surface area contributed by atoms with E-state index < -0.39 is 0 Å². The Morgan fingerprint density at radius 3 is 2.00 bits per heavy atom. The second kappa shape index (κ2) is 8.21. The molecule has 7 rings (SSSR count). The molecule has 2 bridgehead atoms. The number of hydrogen-bond donors (Lipinski definition) is 0. The van der Waals surface area contributed by atoms with Gasteiger partial charge in [-0.3, -0.25) is 4.99 Å². The molecule has 1 atom stereocenters. The van der Waals surface area contributed by atoms with E-state index in [0.29, 0.717) is 5.92 Å². The number of hydrogen-bond acceptors (Lipinski definition) is 1. The Morgan fingerprint density at radius 1 is 0.486 bits per heavy atom. The van der Waals surface area contributed by atoms with Crippen LogP contribution in [0.3, 0.4) is 0 Å². The third-order valence-corrected chi connectivity index (χ3v) is 7.50. The van der Waals surface area contributed by atoms with Gasteiger partial charge in [-0.15, -0.1) is 0 Å². The predicted molar refractivity (Wildman–Crippen MR) is 146 cm³/mol. The molecule has 1 aliphatic carbocycles. The van der Waals surface area contributed by atoms with Crippen LogP contribution in [0.2, 0.25) is 0 Å². The summed E-state index contributed by atoms with van der Waals surface area (Å²) in [6.07, 6.45) is 2.00. The Balaban J connectivity index is 1.38. The molecule has 0 spiro atoms. The van der Waals surface area contributed by atoms with E-state index in [1.54, 1.807) is 0 Å². The molecule has 5 aromatic rings. The fourth-order valence-electron chi connectivity index (χ4n) is 5.73. The van der Waals surface area contributed by atoms with Crippen molar-refractivity contribution < 1.29 is 0 Å². The predicted octanol–water partition coefficient (Wildman–Crippen LogP) is 8.85. The van der Waals surface area contributed by atoms with Crippen molar-refractivity contribution in [1.29, 1.82) is 0 Å². The van der Waals surface area contributed by atoms with Gasteiger partial charge in [0.1, 0.15) is 0 Å². The Bertz CT molecular complexity index is 1580. The van der Waals surface area contributed by atoms with E-state index in [2.05, 4.69) is 121 Å². The van der Waals surface area contributed by atoms with Crippen LogP contribution in [-0.4, -0.2) is 5.71 Å². The van der Waals surface area contributed by atoms with Crippen LogP contribution >= 0.6 is 0 Å². The quantitative estimate of drug-likeness (QED) is 0.256. The first-order chi connectivity index (χ1) is 17.3. The van der Waals surface area contributed by atoms with Crippen LogP contribution in [0, 0.1) is 0 Å². The van der Waals surface area contributed by atoms with E-state index in [1.165, 1.54) is 55.8 Å². The molecule has 2 aliphatic rings. The van der Waals surface area contributed by atoms with Crippen molar-refractivity contribution in [3.63, 3.8) is 0 Å². The van der Waals surface area contributed by atoms with Crippen LogP contribution in [0.15, 0.2) is 126 Å². The SMILES string of the molecule is c1ccc(-c2ccc(-c3ccc4c(c3)C3=Nc5ccccc5CC(C3)c3ccccc3-4)cc2)cc1. The highest BCUT2D eigenvalue weighted by Gasteiger charge is 2.29. The zero-order valence-electron chi connectivity index (χ0n) is 19.5. The summed E-state index contributed by atoms with van der Waals surface area (Å²) in [6.45, 7) is 0. The van der Waals surface area contributed by atoms with Gasteiger partial charge in [-0.05, 0) is 75.4 Å². The van der Waals surface area contributed by atoms with Gasteiger partial charge in [0, 0.05) is 11.3 Å². The minimum absolute atomic E-state index is 0.439. The lowest BCUT2D eigenvalue weighted by atomic mass is 9.86. The number of para-hydroxylation sites is 1. The second-order valence-electron chi connectivity index (χ2n) is 9.58. The van der Waals surface area contributed by atoms with Gasteiger partial charge in [-0.25, -0.2) is 0 Å². The second-order valence-corrected chi connectivity index (χ2v) is 9.58. The fourth-order valence-corrected chi connectivity index (χ4v) is 5.73. The molecule has 0 amide bonds. The minimum atomic E-state index is 0.439. The average molecular weight is 448 g/mol. The van der Waals surface area contributed by atoms with Crippen molar-refractivity contribution in [2.75, 3.05) is 0 Å². The summed E-state index contributed by atoms with van der Waals surface area (Å²) in [4.78, 5) is 5.25. The lowest BCUT2D eigenvalue weighted by Crippen LogP contribution is -2.06. The highest BCUT2D eigenvalue weighted by molar-refractivity contribution is 6.10. The molecular formula is C34H25N. The lowest BCUT2D eigenvalue weighted by Gasteiger charge is -2.17. The maximum absolute atomic E-state index is 5.25.